The van der Waals surface area contributed by atoms with Crippen LogP contribution in [0.4, 0.5) is 0 Å². The molecule has 0 saturated carbocycles. The molecule has 0 aliphatic carbocycles. The summed E-state index contributed by atoms with van der Waals surface area (Å²) < 4.78 is 0. The van der Waals surface area contributed by atoms with E-state index in [2.05, 4.69) is 0 Å². The highest BCUT2D eigenvalue weighted by atomic mass is 16.4. The summed E-state index contributed by atoms with van der Waals surface area (Å²) in [5, 5.41) is 8.85. The Kier molecular flexibility index (Phi) is 7.52. The molecule has 0 aromatic heterocycles. The van der Waals surface area contributed by atoms with Crippen LogP contribution in [0.2, 0.25) is 0 Å². The van der Waals surface area contributed by atoms with Crippen molar-refractivity contribution in [2.75, 3.05) is 0 Å². The van der Waals surface area contributed by atoms with E-state index in [4.69, 9.17) is 5.11 Å². The molecule has 0 aromatic rings. The van der Waals surface area contributed by atoms with Gasteiger partial charge in [0.25, 0.3) is 0 Å². The minimum atomic E-state index is -0.764. The van der Waals surface area contributed by atoms with Crippen molar-refractivity contribution in [1.82, 2.24) is 0 Å². The second kappa shape index (κ2) is 8.30. The van der Waals surface area contributed by atoms with Gasteiger partial charge in [0.05, 0.1) is 5.92 Å². The van der Waals surface area contributed by atoms with E-state index < -0.39 is 11.9 Å². The molecular weight excluding hydrogens is 176 g/mol. The van der Waals surface area contributed by atoms with Crippen molar-refractivity contribution < 1.29 is 9.90 Å². The average molecular weight is 194 g/mol. The molecule has 0 spiro atoms. The molecule has 1 N–H and O–H groups in total. The highest BCUT2D eigenvalue weighted by Gasteiger charge is 2.10. The Morgan fingerprint density at radius 1 is 1.36 bits per heavy atom. The number of hydrogen-bond donors (Lipinski definition) is 1. The van der Waals surface area contributed by atoms with Gasteiger partial charge in [-0.2, -0.15) is 0 Å². The van der Waals surface area contributed by atoms with E-state index in [-0.39, 0.29) is 0 Å². The Balaban J connectivity index is 4.10. The van der Waals surface area contributed by atoms with Crippen LogP contribution in [0.1, 0.15) is 26.7 Å². The third kappa shape index (κ3) is 6.23. The minimum Gasteiger partial charge on any atom is -0.481 e. The second-order valence-electron chi connectivity index (χ2n) is 2.97. The zero-order valence-electron chi connectivity index (χ0n) is 8.81. The van der Waals surface area contributed by atoms with Crippen molar-refractivity contribution in [2.24, 2.45) is 5.92 Å². The molecule has 2 nitrogen and oxygen atoms in total. The first-order valence-corrected chi connectivity index (χ1v) is 4.89. The van der Waals surface area contributed by atoms with Crippen LogP contribution < -0.4 is 0 Å². The number of carbonyl (C=O) groups is 1. The fourth-order valence-electron chi connectivity index (χ4n) is 0.977. The fourth-order valence-corrected chi connectivity index (χ4v) is 0.977. The van der Waals surface area contributed by atoms with Crippen LogP contribution in [0.25, 0.3) is 0 Å². The lowest BCUT2D eigenvalue weighted by atomic mass is 10.0. The van der Waals surface area contributed by atoms with Crippen LogP contribution in [0.3, 0.4) is 0 Å². The summed E-state index contributed by atoms with van der Waals surface area (Å²) in [5.74, 6) is -1.16. The second-order valence-corrected chi connectivity index (χ2v) is 2.97. The van der Waals surface area contributed by atoms with Gasteiger partial charge in [0.2, 0.25) is 0 Å². The molecule has 0 aliphatic rings. The molecule has 0 fully saturated rings. The van der Waals surface area contributed by atoms with E-state index in [9.17, 15) is 4.79 Å². The molecule has 0 saturated heterocycles. The van der Waals surface area contributed by atoms with Crippen LogP contribution in [-0.2, 0) is 4.79 Å². The normalized spacial score (nSPS) is 14.4. The lowest BCUT2D eigenvalue weighted by molar-refractivity contribution is -0.139. The van der Waals surface area contributed by atoms with Crippen LogP contribution in [0, 0.1) is 5.92 Å². The maximum Gasteiger partial charge on any atom is 0.310 e. The van der Waals surface area contributed by atoms with Gasteiger partial charge in [-0.05, 0) is 19.8 Å². The van der Waals surface area contributed by atoms with E-state index >= 15 is 0 Å². The summed E-state index contributed by atoms with van der Waals surface area (Å²) in [6.45, 7) is 3.92. The van der Waals surface area contributed by atoms with Gasteiger partial charge in [-0.25, -0.2) is 0 Å². The highest BCUT2D eigenvalue weighted by Crippen LogP contribution is 2.07. The van der Waals surface area contributed by atoms with Crippen LogP contribution in [0.15, 0.2) is 36.5 Å². The molecule has 0 aliphatic heterocycles. The molecule has 0 aromatic carbocycles. The molecule has 14 heavy (non-hydrogen) atoms. The topological polar surface area (TPSA) is 37.3 Å². The molecule has 2 heteroatoms. The summed E-state index contributed by atoms with van der Waals surface area (Å²) in [6, 6.07) is 0. The number of aliphatic carboxylic acids is 1. The summed E-state index contributed by atoms with van der Waals surface area (Å²) in [7, 11) is 0. The predicted octanol–water partition coefficient (Wildman–Crippen LogP) is 3.18. The Bertz CT molecular complexity index is 237. The lowest BCUT2D eigenvalue weighted by Gasteiger charge is -2.02. The first-order chi connectivity index (χ1) is 6.72. The first kappa shape index (κ1) is 12.7. The summed E-state index contributed by atoms with van der Waals surface area (Å²) in [5.41, 5.74) is 0. The van der Waals surface area contributed by atoms with Gasteiger partial charge in [-0.1, -0.05) is 43.4 Å². The van der Waals surface area contributed by atoms with Gasteiger partial charge in [-0.15, -0.1) is 0 Å². The average Bonchev–Trinajstić information content (AvgIpc) is 2.16. The predicted molar refractivity (Wildman–Crippen MR) is 59.1 cm³/mol. The lowest BCUT2D eigenvalue weighted by Crippen LogP contribution is -2.09. The monoisotopic (exact) mass is 194 g/mol. The molecular formula is C12H18O2. The molecule has 1 atom stereocenters. The van der Waals surface area contributed by atoms with Crippen LogP contribution in [-0.4, -0.2) is 11.1 Å². The number of carboxylic acid groups (broad SMARTS) is 1. The maximum atomic E-state index is 10.8. The smallest absolute Gasteiger partial charge is 0.310 e. The van der Waals surface area contributed by atoms with E-state index in [1.807, 2.05) is 44.2 Å². The number of carboxylic acids is 1. The summed E-state index contributed by atoms with van der Waals surface area (Å²) in [4.78, 5) is 10.8. The SMILES string of the molecule is CC=CC=CCC(C=CCC)C(=O)O. The number of hydrogen-bond acceptors (Lipinski definition) is 1. The Hall–Kier alpha value is -1.31. The Labute approximate surface area is 85.6 Å². The molecule has 0 rings (SSSR count). The maximum absolute atomic E-state index is 10.8. The van der Waals surface area contributed by atoms with E-state index in [1.54, 1.807) is 6.08 Å². The zero-order valence-corrected chi connectivity index (χ0v) is 8.81. The fraction of sp³-hybridized carbons (Fsp3) is 0.417. The first-order valence-electron chi connectivity index (χ1n) is 4.89. The van der Waals surface area contributed by atoms with Crippen molar-refractivity contribution in [3.8, 4) is 0 Å². The van der Waals surface area contributed by atoms with Gasteiger partial charge in [0, 0.05) is 0 Å². The van der Waals surface area contributed by atoms with Crippen molar-refractivity contribution in [3.05, 3.63) is 36.5 Å². The molecule has 0 bridgehead atoms. The van der Waals surface area contributed by atoms with Crippen molar-refractivity contribution in [1.29, 1.82) is 0 Å². The minimum absolute atomic E-state index is 0.392. The number of allylic oxidation sites excluding steroid dienone is 5. The molecule has 0 heterocycles. The highest BCUT2D eigenvalue weighted by molar-refractivity contribution is 5.72. The van der Waals surface area contributed by atoms with Gasteiger partial charge in [0.1, 0.15) is 0 Å². The summed E-state index contributed by atoms with van der Waals surface area (Å²) >= 11 is 0. The van der Waals surface area contributed by atoms with Gasteiger partial charge < -0.3 is 5.11 Å². The van der Waals surface area contributed by atoms with Gasteiger partial charge in [0.15, 0.2) is 0 Å². The van der Waals surface area contributed by atoms with Crippen molar-refractivity contribution in [3.63, 3.8) is 0 Å². The third-order valence-electron chi connectivity index (χ3n) is 1.75. The van der Waals surface area contributed by atoms with E-state index in [0.29, 0.717) is 6.42 Å². The zero-order chi connectivity index (χ0) is 10.8. The molecule has 1 unspecified atom stereocenters. The molecule has 0 amide bonds. The largest absolute Gasteiger partial charge is 0.481 e. The van der Waals surface area contributed by atoms with E-state index in [0.717, 1.165) is 6.42 Å². The van der Waals surface area contributed by atoms with Crippen LogP contribution in [0.5, 0.6) is 0 Å². The van der Waals surface area contributed by atoms with Crippen LogP contribution >= 0.6 is 0 Å². The Morgan fingerprint density at radius 2 is 2.07 bits per heavy atom. The van der Waals surface area contributed by atoms with E-state index in [1.165, 1.54) is 0 Å². The quantitative estimate of drug-likeness (QED) is 0.521. The van der Waals surface area contributed by atoms with Crippen molar-refractivity contribution in [2.45, 2.75) is 26.7 Å². The third-order valence-corrected chi connectivity index (χ3v) is 1.75. The van der Waals surface area contributed by atoms with Gasteiger partial charge in [-0.3, -0.25) is 4.79 Å². The Morgan fingerprint density at radius 3 is 2.57 bits per heavy atom. The molecule has 78 valence electrons. The standard InChI is InChI=1S/C12H18O2/c1-3-5-7-8-10-11(12(13)14)9-6-4-2/h3,5-9,11H,4,10H2,1-2H3,(H,13,14). The summed E-state index contributed by atoms with van der Waals surface area (Å²) in [6.07, 6.45) is 12.6. The van der Waals surface area contributed by atoms with Crippen molar-refractivity contribution >= 4 is 5.97 Å². The molecule has 0 radical (unpaired) electrons. The van der Waals surface area contributed by atoms with Gasteiger partial charge >= 0.3 is 5.97 Å². The number of rotatable bonds is 6.